The van der Waals surface area contributed by atoms with Crippen molar-refractivity contribution in [2.75, 3.05) is 31.9 Å². The number of hydrogen-bond donors (Lipinski definition) is 0. The van der Waals surface area contributed by atoms with E-state index in [1.165, 1.54) is 34.5 Å². The van der Waals surface area contributed by atoms with Gasteiger partial charge in [-0.05, 0) is 55.2 Å². The molecule has 0 unspecified atom stereocenters. The van der Waals surface area contributed by atoms with E-state index in [-0.39, 0.29) is 11.8 Å². The SMILES string of the molecule is CCc1cc2c(C)ccc(C)c2nc1SCC(=O)N1CCN(C(=O)c2ccco2)CC1. The summed E-state index contributed by atoms with van der Waals surface area (Å²) in [5.41, 5.74) is 4.55. The van der Waals surface area contributed by atoms with Crippen molar-refractivity contribution >= 4 is 34.5 Å². The van der Waals surface area contributed by atoms with E-state index in [0.29, 0.717) is 37.7 Å². The Morgan fingerprint density at radius 1 is 1.06 bits per heavy atom. The summed E-state index contributed by atoms with van der Waals surface area (Å²) in [7, 11) is 0. The van der Waals surface area contributed by atoms with Crippen LogP contribution in [0, 0.1) is 13.8 Å². The standard InChI is InChI=1S/C24H27N3O3S/c1-4-18-14-19-16(2)7-8-17(3)22(19)25-23(18)31-15-21(28)26-9-11-27(12-10-26)24(29)20-6-5-13-30-20/h5-8,13-14H,4,9-12,15H2,1-3H3. The van der Waals surface area contributed by atoms with Crippen LogP contribution in [0.2, 0.25) is 0 Å². The first-order valence-electron chi connectivity index (χ1n) is 10.6. The van der Waals surface area contributed by atoms with E-state index in [4.69, 9.17) is 9.40 Å². The number of piperazine rings is 1. The molecule has 31 heavy (non-hydrogen) atoms. The fourth-order valence-corrected chi connectivity index (χ4v) is 4.86. The molecule has 1 aliphatic heterocycles. The molecule has 3 aromatic rings. The number of benzene rings is 1. The zero-order valence-corrected chi connectivity index (χ0v) is 19.0. The molecule has 0 spiro atoms. The molecule has 3 heterocycles. The van der Waals surface area contributed by atoms with Crippen molar-refractivity contribution in [3.05, 3.63) is 59.0 Å². The van der Waals surface area contributed by atoms with Gasteiger partial charge in [-0.25, -0.2) is 4.98 Å². The zero-order valence-electron chi connectivity index (χ0n) is 18.2. The smallest absolute Gasteiger partial charge is 0.289 e. The zero-order chi connectivity index (χ0) is 22.0. The highest BCUT2D eigenvalue weighted by Crippen LogP contribution is 2.29. The molecular weight excluding hydrogens is 410 g/mol. The second kappa shape index (κ2) is 9.14. The number of aromatic nitrogens is 1. The van der Waals surface area contributed by atoms with Crippen LogP contribution in [-0.4, -0.2) is 58.5 Å². The molecule has 1 fully saturated rings. The van der Waals surface area contributed by atoms with Gasteiger partial charge in [-0.2, -0.15) is 0 Å². The molecule has 1 aromatic carbocycles. The topological polar surface area (TPSA) is 66.7 Å². The van der Waals surface area contributed by atoms with Gasteiger partial charge in [0.1, 0.15) is 5.03 Å². The highest BCUT2D eigenvalue weighted by Gasteiger charge is 2.26. The molecule has 0 radical (unpaired) electrons. The van der Waals surface area contributed by atoms with E-state index in [2.05, 4.69) is 39.0 Å². The number of pyridine rings is 1. The highest BCUT2D eigenvalue weighted by atomic mass is 32.2. The van der Waals surface area contributed by atoms with E-state index in [1.54, 1.807) is 17.0 Å². The number of amides is 2. The minimum absolute atomic E-state index is 0.0833. The van der Waals surface area contributed by atoms with E-state index in [0.717, 1.165) is 22.5 Å². The van der Waals surface area contributed by atoms with Crippen LogP contribution in [0.25, 0.3) is 10.9 Å². The molecule has 1 aliphatic rings. The summed E-state index contributed by atoms with van der Waals surface area (Å²) in [5, 5.41) is 2.12. The van der Waals surface area contributed by atoms with Crippen LogP contribution in [0.3, 0.4) is 0 Å². The number of hydrogen-bond acceptors (Lipinski definition) is 5. The first kappa shape index (κ1) is 21.4. The van der Waals surface area contributed by atoms with Gasteiger partial charge < -0.3 is 14.2 Å². The lowest BCUT2D eigenvalue weighted by Crippen LogP contribution is -2.51. The molecular formula is C24H27N3O3S. The minimum Gasteiger partial charge on any atom is -0.459 e. The predicted octanol–water partition coefficient (Wildman–Crippen LogP) is 4.08. The number of nitrogens with zero attached hydrogens (tertiary/aromatic N) is 3. The molecule has 6 nitrogen and oxygen atoms in total. The van der Waals surface area contributed by atoms with Gasteiger partial charge in [-0.15, -0.1) is 0 Å². The average Bonchev–Trinajstić information content (AvgIpc) is 3.34. The molecule has 0 saturated carbocycles. The Morgan fingerprint density at radius 3 is 2.45 bits per heavy atom. The van der Waals surface area contributed by atoms with E-state index >= 15 is 0 Å². The van der Waals surface area contributed by atoms with Crippen molar-refractivity contribution in [1.82, 2.24) is 14.8 Å². The lowest BCUT2D eigenvalue weighted by molar-refractivity contribution is -0.129. The predicted molar refractivity (Wildman–Crippen MR) is 123 cm³/mol. The summed E-state index contributed by atoms with van der Waals surface area (Å²) in [6.45, 7) is 8.41. The number of thioether (sulfide) groups is 1. The first-order chi connectivity index (χ1) is 15.0. The van der Waals surface area contributed by atoms with Crippen molar-refractivity contribution in [1.29, 1.82) is 0 Å². The van der Waals surface area contributed by atoms with E-state index in [1.807, 2.05) is 4.90 Å². The van der Waals surface area contributed by atoms with Gasteiger partial charge in [0.2, 0.25) is 5.91 Å². The van der Waals surface area contributed by atoms with E-state index < -0.39 is 0 Å². The summed E-state index contributed by atoms with van der Waals surface area (Å²) < 4.78 is 5.20. The van der Waals surface area contributed by atoms with Gasteiger partial charge in [0.15, 0.2) is 5.76 Å². The maximum absolute atomic E-state index is 12.8. The fourth-order valence-electron chi connectivity index (χ4n) is 3.87. The Bertz CT molecular complexity index is 1100. The molecule has 0 aliphatic carbocycles. The maximum atomic E-state index is 12.8. The Hall–Kier alpha value is -2.80. The van der Waals surface area contributed by atoms with Gasteiger partial charge in [0.25, 0.3) is 5.91 Å². The number of aryl methyl sites for hydroxylation is 3. The monoisotopic (exact) mass is 437 g/mol. The molecule has 0 atom stereocenters. The number of fused-ring (bicyclic) bond motifs is 1. The maximum Gasteiger partial charge on any atom is 0.289 e. The van der Waals surface area contributed by atoms with Gasteiger partial charge in [-0.3, -0.25) is 9.59 Å². The van der Waals surface area contributed by atoms with Crippen molar-refractivity contribution < 1.29 is 14.0 Å². The Labute approximate surface area is 186 Å². The van der Waals surface area contributed by atoms with Crippen LogP contribution in [-0.2, 0) is 11.2 Å². The molecule has 0 N–H and O–H groups in total. The summed E-state index contributed by atoms with van der Waals surface area (Å²) in [5.74, 6) is 0.656. The first-order valence-corrected chi connectivity index (χ1v) is 11.6. The van der Waals surface area contributed by atoms with Crippen LogP contribution < -0.4 is 0 Å². The third-order valence-electron chi connectivity index (χ3n) is 5.81. The normalized spacial score (nSPS) is 14.3. The van der Waals surface area contributed by atoms with Crippen LogP contribution in [0.5, 0.6) is 0 Å². The third kappa shape index (κ3) is 4.46. The van der Waals surface area contributed by atoms with Crippen molar-refractivity contribution in [2.24, 2.45) is 0 Å². The Balaban J connectivity index is 1.39. The second-order valence-electron chi connectivity index (χ2n) is 7.84. The number of carbonyl (C=O) groups excluding carboxylic acids is 2. The largest absolute Gasteiger partial charge is 0.459 e. The average molecular weight is 438 g/mol. The molecule has 7 heteroatoms. The molecule has 2 amide bonds. The Kier molecular flexibility index (Phi) is 6.32. The molecule has 4 rings (SSSR count). The second-order valence-corrected chi connectivity index (χ2v) is 8.80. The number of furan rings is 1. The van der Waals surface area contributed by atoms with Crippen LogP contribution >= 0.6 is 11.8 Å². The molecule has 1 saturated heterocycles. The van der Waals surface area contributed by atoms with Gasteiger partial charge in [0, 0.05) is 31.6 Å². The van der Waals surface area contributed by atoms with Gasteiger partial charge >= 0.3 is 0 Å². The number of rotatable bonds is 5. The van der Waals surface area contributed by atoms with Crippen LogP contribution in [0.1, 0.15) is 34.2 Å². The Morgan fingerprint density at radius 2 is 1.77 bits per heavy atom. The fraction of sp³-hybridized carbons (Fsp3) is 0.375. The highest BCUT2D eigenvalue weighted by molar-refractivity contribution is 7.99. The minimum atomic E-state index is -0.120. The lowest BCUT2D eigenvalue weighted by atomic mass is 10.0. The van der Waals surface area contributed by atoms with Gasteiger partial charge in [0.05, 0.1) is 17.5 Å². The van der Waals surface area contributed by atoms with Gasteiger partial charge in [-0.1, -0.05) is 30.8 Å². The van der Waals surface area contributed by atoms with Crippen molar-refractivity contribution in [2.45, 2.75) is 32.2 Å². The molecule has 2 aromatic heterocycles. The van der Waals surface area contributed by atoms with Crippen molar-refractivity contribution in [3.8, 4) is 0 Å². The molecule has 0 bridgehead atoms. The summed E-state index contributed by atoms with van der Waals surface area (Å²) in [6, 6.07) is 9.82. The summed E-state index contributed by atoms with van der Waals surface area (Å²) in [4.78, 5) is 33.7. The summed E-state index contributed by atoms with van der Waals surface area (Å²) in [6.07, 6.45) is 2.37. The quantitative estimate of drug-likeness (QED) is 0.563. The summed E-state index contributed by atoms with van der Waals surface area (Å²) >= 11 is 1.51. The lowest BCUT2D eigenvalue weighted by Gasteiger charge is -2.34. The van der Waals surface area contributed by atoms with Crippen LogP contribution in [0.15, 0.2) is 46.0 Å². The van der Waals surface area contributed by atoms with E-state index in [9.17, 15) is 9.59 Å². The molecule has 162 valence electrons. The number of carbonyl (C=O) groups is 2. The third-order valence-corrected chi connectivity index (χ3v) is 6.83. The van der Waals surface area contributed by atoms with Crippen LogP contribution in [0.4, 0.5) is 0 Å². The van der Waals surface area contributed by atoms with Crippen molar-refractivity contribution in [3.63, 3.8) is 0 Å².